The maximum atomic E-state index is 10.5. The molecule has 0 spiro atoms. The van der Waals surface area contributed by atoms with E-state index in [0.717, 1.165) is 34.6 Å². The summed E-state index contributed by atoms with van der Waals surface area (Å²) in [6.07, 6.45) is -1.20. The number of hydrogen-bond donors (Lipinski definition) is 2. The number of aliphatic hydroxyl groups is 2. The molecule has 0 amide bonds. The summed E-state index contributed by atoms with van der Waals surface area (Å²) in [6, 6.07) is 32.3. The van der Waals surface area contributed by atoms with Gasteiger partial charge in [0.2, 0.25) is 0 Å². The van der Waals surface area contributed by atoms with E-state index in [1.807, 2.05) is 48.5 Å². The van der Waals surface area contributed by atoms with E-state index in [0.29, 0.717) is 24.7 Å². The highest BCUT2D eigenvalue weighted by Crippen LogP contribution is 2.35. The van der Waals surface area contributed by atoms with Gasteiger partial charge in [0.25, 0.3) is 0 Å². The largest absolute Gasteiger partial charge is 0.491 e. The minimum absolute atomic E-state index is 0.0790. The van der Waals surface area contributed by atoms with Crippen LogP contribution in [0.2, 0.25) is 0 Å². The van der Waals surface area contributed by atoms with Crippen LogP contribution in [0.3, 0.4) is 0 Å². The third-order valence-electron chi connectivity index (χ3n) is 9.14. The van der Waals surface area contributed by atoms with E-state index >= 15 is 0 Å². The van der Waals surface area contributed by atoms with Crippen LogP contribution in [0, 0.1) is 0 Å². The second-order valence-corrected chi connectivity index (χ2v) is 13.3. The van der Waals surface area contributed by atoms with E-state index in [9.17, 15) is 10.2 Å². The lowest BCUT2D eigenvalue weighted by Gasteiger charge is -2.27. The molecule has 2 aliphatic heterocycles. The Morgan fingerprint density at radius 3 is 1.33 bits per heavy atom. The molecule has 7 heteroatoms. The molecule has 46 heavy (non-hydrogen) atoms. The van der Waals surface area contributed by atoms with Crippen molar-refractivity contribution in [1.29, 1.82) is 0 Å². The normalized spacial score (nSPS) is 18.8. The fraction of sp³-hybridized carbons (Fsp3) is 0.385. The molecule has 4 atom stereocenters. The van der Waals surface area contributed by atoms with E-state index in [4.69, 9.17) is 23.7 Å². The van der Waals surface area contributed by atoms with Gasteiger partial charge in [0.05, 0.1) is 13.2 Å². The molecule has 242 valence electrons. The predicted octanol–water partition coefficient (Wildman–Crippen LogP) is 6.37. The molecule has 2 aliphatic rings. The maximum absolute atomic E-state index is 10.5. The summed E-state index contributed by atoms with van der Waals surface area (Å²) in [4.78, 5) is 0. The molecule has 4 aromatic carbocycles. The van der Waals surface area contributed by atoms with Crippen molar-refractivity contribution in [1.82, 2.24) is 0 Å². The van der Waals surface area contributed by atoms with Crippen LogP contribution in [0.5, 0.6) is 17.2 Å². The Kier molecular flexibility index (Phi) is 9.39. The fourth-order valence-corrected chi connectivity index (χ4v) is 5.57. The topological polar surface area (TPSA) is 93.2 Å². The van der Waals surface area contributed by atoms with E-state index in [1.54, 1.807) is 0 Å². The molecule has 0 aromatic heterocycles. The Balaban J connectivity index is 0.963. The number of aliphatic hydroxyl groups excluding tert-OH is 2. The molecular formula is C39H44O7. The van der Waals surface area contributed by atoms with Gasteiger partial charge in [0.1, 0.15) is 61.5 Å². The smallest absolute Gasteiger partial charge is 0.122 e. The van der Waals surface area contributed by atoms with Gasteiger partial charge in [-0.15, -0.1) is 0 Å². The first-order valence-corrected chi connectivity index (χ1v) is 16.0. The molecule has 2 N–H and O–H groups in total. The van der Waals surface area contributed by atoms with Crippen molar-refractivity contribution < 1.29 is 33.9 Å². The van der Waals surface area contributed by atoms with Gasteiger partial charge in [0.15, 0.2) is 0 Å². The molecule has 6 rings (SSSR count). The molecule has 4 unspecified atom stereocenters. The van der Waals surface area contributed by atoms with Crippen LogP contribution in [0.15, 0.2) is 97.1 Å². The van der Waals surface area contributed by atoms with Crippen LogP contribution >= 0.6 is 0 Å². The minimum Gasteiger partial charge on any atom is -0.491 e. The Labute approximate surface area is 271 Å². The molecule has 0 saturated carbocycles. The first kappa shape index (κ1) is 32.1. The van der Waals surface area contributed by atoms with Crippen LogP contribution in [0.4, 0.5) is 0 Å². The zero-order chi connectivity index (χ0) is 32.3. The van der Waals surface area contributed by atoms with Crippen molar-refractivity contribution in [3.8, 4) is 17.2 Å². The molecule has 0 radical (unpaired) electrons. The molecule has 2 saturated heterocycles. The Hall–Kier alpha value is -3.88. The van der Waals surface area contributed by atoms with Crippen molar-refractivity contribution in [2.45, 2.75) is 62.9 Å². The van der Waals surface area contributed by atoms with Crippen molar-refractivity contribution >= 4 is 0 Å². The van der Waals surface area contributed by atoms with E-state index in [1.165, 1.54) is 5.56 Å². The first-order chi connectivity index (χ1) is 22.1. The van der Waals surface area contributed by atoms with E-state index < -0.39 is 12.2 Å². The summed E-state index contributed by atoms with van der Waals surface area (Å²) in [5, 5.41) is 20.9. The van der Waals surface area contributed by atoms with Gasteiger partial charge in [-0.05, 0) is 64.2 Å². The second kappa shape index (κ2) is 13.5. The van der Waals surface area contributed by atoms with Crippen molar-refractivity contribution in [3.05, 3.63) is 125 Å². The quantitative estimate of drug-likeness (QED) is 0.149. The van der Waals surface area contributed by atoms with Gasteiger partial charge in [0, 0.05) is 10.8 Å². The highest BCUT2D eigenvalue weighted by Gasteiger charge is 2.33. The average Bonchev–Trinajstić information content (AvgIpc) is 4.01. The lowest BCUT2D eigenvalue weighted by molar-refractivity contribution is 0.0626. The molecule has 0 aliphatic carbocycles. The van der Waals surface area contributed by atoms with Gasteiger partial charge >= 0.3 is 0 Å². The van der Waals surface area contributed by atoms with Crippen LogP contribution in [0.1, 0.15) is 61.6 Å². The lowest BCUT2D eigenvalue weighted by atomic mass is 9.78. The third kappa shape index (κ3) is 7.73. The zero-order valence-electron chi connectivity index (χ0n) is 27.0. The zero-order valence-corrected chi connectivity index (χ0v) is 27.0. The van der Waals surface area contributed by atoms with Gasteiger partial charge in [-0.25, -0.2) is 0 Å². The number of rotatable bonds is 15. The first-order valence-electron chi connectivity index (χ1n) is 16.0. The fourth-order valence-electron chi connectivity index (χ4n) is 5.57. The van der Waals surface area contributed by atoms with Crippen LogP contribution in [-0.2, 0) is 20.3 Å². The summed E-state index contributed by atoms with van der Waals surface area (Å²) >= 11 is 0. The molecule has 0 bridgehead atoms. The molecule has 2 heterocycles. The summed E-state index contributed by atoms with van der Waals surface area (Å²) in [5.74, 6) is 2.23. The van der Waals surface area contributed by atoms with Crippen molar-refractivity contribution in [3.63, 3.8) is 0 Å². The monoisotopic (exact) mass is 624 g/mol. The third-order valence-corrected chi connectivity index (χ3v) is 9.14. The molecule has 2 fully saturated rings. The summed E-state index contributed by atoms with van der Waals surface area (Å²) in [6.45, 7) is 11.0. The number of benzene rings is 4. The second-order valence-electron chi connectivity index (χ2n) is 13.3. The highest BCUT2D eigenvalue weighted by atomic mass is 16.6. The van der Waals surface area contributed by atoms with Crippen LogP contribution in [-0.4, -0.2) is 61.6 Å². The molecular weight excluding hydrogens is 580 g/mol. The maximum Gasteiger partial charge on any atom is 0.122 e. The standard InChI is InChI=1S/C39H44O7/c1-38(2,27-7-5-26(6-8-27)37(41)36-25-46-36)28-9-15-32(16-10-28)42-21-31(40)22-43-33-17-11-29(12-18-33)39(3,4)30-13-19-34(20-14-30)44-23-35-24-45-35/h5-20,31,35-37,40-41H,21-25H2,1-4H3. The van der Waals surface area contributed by atoms with Crippen LogP contribution < -0.4 is 14.2 Å². The van der Waals surface area contributed by atoms with E-state index in [2.05, 4.69) is 76.2 Å². The summed E-state index contributed by atoms with van der Waals surface area (Å²) in [5.41, 5.74) is 5.08. The average molecular weight is 625 g/mol. The van der Waals surface area contributed by atoms with Gasteiger partial charge < -0.3 is 33.9 Å². The van der Waals surface area contributed by atoms with Crippen LogP contribution in [0.25, 0.3) is 0 Å². The van der Waals surface area contributed by atoms with E-state index in [-0.39, 0.29) is 36.3 Å². The van der Waals surface area contributed by atoms with Gasteiger partial charge in [-0.3, -0.25) is 0 Å². The van der Waals surface area contributed by atoms with Crippen molar-refractivity contribution in [2.24, 2.45) is 0 Å². The Morgan fingerprint density at radius 2 is 0.957 bits per heavy atom. The number of hydrogen-bond acceptors (Lipinski definition) is 7. The van der Waals surface area contributed by atoms with Crippen molar-refractivity contribution in [2.75, 3.05) is 33.0 Å². The van der Waals surface area contributed by atoms with Gasteiger partial charge in [-0.1, -0.05) is 88.4 Å². The van der Waals surface area contributed by atoms with Gasteiger partial charge in [-0.2, -0.15) is 0 Å². The Bertz CT molecular complexity index is 1550. The minimum atomic E-state index is -0.783. The SMILES string of the molecule is CC(C)(c1ccc(OCC(O)COc2ccc(C(C)(C)c3ccc(C(O)C4CO4)cc3)cc2)cc1)c1ccc(OCC2CO2)cc1. The predicted molar refractivity (Wildman–Crippen MR) is 177 cm³/mol. The number of epoxide rings is 2. The highest BCUT2D eigenvalue weighted by molar-refractivity contribution is 5.43. The summed E-state index contributed by atoms with van der Waals surface area (Å²) < 4.78 is 27.9. The lowest BCUT2D eigenvalue weighted by Crippen LogP contribution is -2.25. The number of ether oxygens (including phenoxy) is 5. The summed E-state index contributed by atoms with van der Waals surface area (Å²) in [7, 11) is 0. The molecule has 4 aromatic rings. The Morgan fingerprint density at radius 1 is 0.587 bits per heavy atom. The molecule has 7 nitrogen and oxygen atoms in total.